The summed E-state index contributed by atoms with van der Waals surface area (Å²) in [5, 5.41) is 3.11. The molecule has 0 bridgehead atoms. The lowest BCUT2D eigenvalue weighted by molar-refractivity contribution is -0.129. The highest BCUT2D eigenvalue weighted by Gasteiger charge is 2.54. The molecule has 1 unspecified atom stereocenters. The molecule has 4 rings (SSSR count). The van der Waals surface area contributed by atoms with Gasteiger partial charge >= 0.3 is 0 Å². The maximum Gasteiger partial charge on any atom is 0.289 e. The van der Waals surface area contributed by atoms with Gasteiger partial charge in [0.15, 0.2) is 10.4 Å². The zero-order chi connectivity index (χ0) is 16.0. The van der Waals surface area contributed by atoms with Gasteiger partial charge in [-0.05, 0) is 59.7 Å². The molecule has 3 fully saturated rings. The third-order valence-electron chi connectivity index (χ3n) is 5.65. The molecule has 2 heterocycles. The highest BCUT2D eigenvalue weighted by Crippen LogP contribution is 2.52. The van der Waals surface area contributed by atoms with E-state index in [9.17, 15) is 9.59 Å². The van der Waals surface area contributed by atoms with Crippen molar-refractivity contribution in [2.45, 2.75) is 32.1 Å². The third-order valence-corrected chi connectivity index (χ3v) is 6.07. The van der Waals surface area contributed by atoms with Crippen molar-refractivity contribution in [3.8, 4) is 0 Å². The van der Waals surface area contributed by atoms with Gasteiger partial charge in [0.05, 0.1) is 5.92 Å². The van der Waals surface area contributed by atoms with Crippen molar-refractivity contribution in [1.82, 2.24) is 10.2 Å². The van der Waals surface area contributed by atoms with E-state index in [1.165, 1.54) is 12.8 Å². The van der Waals surface area contributed by atoms with E-state index in [0.717, 1.165) is 25.8 Å². The SMILES string of the molecule is O=C(NCC1CC1)C1CN(C(=O)c2ccc(Br)o2)CC12CCC2. The van der Waals surface area contributed by atoms with Crippen LogP contribution >= 0.6 is 15.9 Å². The Hall–Kier alpha value is -1.30. The number of carbonyl (C=O) groups is 2. The molecular formula is C17H21BrN2O3. The molecule has 1 atom stereocenters. The molecule has 1 aromatic heterocycles. The summed E-state index contributed by atoms with van der Waals surface area (Å²) in [6, 6.07) is 3.41. The Kier molecular flexibility index (Phi) is 3.75. The minimum atomic E-state index is -0.112. The molecule has 2 aliphatic carbocycles. The van der Waals surface area contributed by atoms with E-state index in [1.807, 2.05) is 0 Å². The Morgan fingerprint density at radius 3 is 2.70 bits per heavy atom. The van der Waals surface area contributed by atoms with Crippen LogP contribution in [-0.4, -0.2) is 36.3 Å². The zero-order valence-electron chi connectivity index (χ0n) is 13.0. The molecule has 6 heteroatoms. The van der Waals surface area contributed by atoms with Crippen LogP contribution < -0.4 is 5.32 Å². The van der Waals surface area contributed by atoms with E-state index in [1.54, 1.807) is 17.0 Å². The number of hydrogen-bond acceptors (Lipinski definition) is 3. The summed E-state index contributed by atoms with van der Waals surface area (Å²) < 4.78 is 5.94. The Morgan fingerprint density at radius 1 is 1.35 bits per heavy atom. The third kappa shape index (κ3) is 2.82. The van der Waals surface area contributed by atoms with E-state index < -0.39 is 0 Å². The lowest BCUT2D eigenvalue weighted by Crippen LogP contribution is -2.45. The van der Waals surface area contributed by atoms with Crippen LogP contribution in [0.25, 0.3) is 0 Å². The molecule has 124 valence electrons. The normalized spacial score (nSPS) is 25.4. The largest absolute Gasteiger partial charge is 0.444 e. The van der Waals surface area contributed by atoms with Gasteiger partial charge in [-0.3, -0.25) is 9.59 Å². The molecule has 3 aliphatic rings. The average Bonchev–Trinajstić information content (AvgIpc) is 3.07. The van der Waals surface area contributed by atoms with Crippen LogP contribution in [0.3, 0.4) is 0 Å². The zero-order valence-corrected chi connectivity index (χ0v) is 14.6. The molecule has 0 radical (unpaired) electrons. The summed E-state index contributed by atoms with van der Waals surface area (Å²) in [5.41, 5.74) is -0.00683. The summed E-state index contributed by atoms with van der Waals surface area (Å²) in [4.78, 5) is 27.0. The predicted molar refractivity (Wildman–Crippen MR) is 87.8 cm³/mol. The van der Waals surface area contributed by atoms with Crippen LogP contribution in [0.4, 0.5) is 0 Å². The van der Waals surface area contributed by atoms with Gasteiger partial charge in [-0.1, -0.05) is 6.42 Å². The number of rotatable bonds is 4. The summed E-state index contributed by atoms with van der Waals surface area (Å²) in [7, 11) is 0. The lowest BCUT2D eigenvalue weighted by Gasteiger charge is -2.41. The first-order chi connectivity index (χ1) is 11.1. The van der Waals surface area contributed by atoms with Crippen molar-refractivity contribution in [2.75, 3.05) is 19.6 Å². The number of halogens is 1. The van der Waals surface area contributed by atoms with Gasteiger partial charge in [-0.25, -0.2) is 0 Å². The highest BCUT2D eigenvalue weighted by atomic mass is 79.9. The quantitative estimate of drug-likeness (QED) is 0.873. The Bertz CT molecular complexity index is 634. The van der Waals surface area contributed by atoms with Gasteiger partial charge in [-0.2, -0.15) is 0 Å². The van der Waals surface area contributed by atoms with E-state index >= 15 is 0 Å². The number of furan rings is 1. The Balaban J connectivity index is 1.46. The molecular weight excluding hydrogens is 360 g/mol. The van der Waals surface area contributed by atoms with Crippen molar-refractivity contribution in [2.24, 2.45) is 17.3 Å². The van der Waals surface area contributed by atoms with Gasteiger partial charge in [-0.15, -0.1) is 0 Å². The van der Waals surface area contributed by atoms with Gasteiger partial charge in [0.1, 0.15) is 0 Å². The van der Waals surface area contributed by atoms with Crippen molar-refractivity contribution in [3.05, 3.63) is 22.6 Å². The fraction of sp³-hybridized carbons (Fsp3) is 0.647. The second kappa shape index (κ2) is 5.65. The molecule has 23 heavy (non-hydrogen) atoms. The summed E-state index contributed by atoms with van der Waals surface area (Å²) in [6.45, 7) is 1.98. The minimum Gasteiger partial charge on any atom is -0.444 e. The van der Waals surface area contributed by atoms with Crippen molar-refractivity contribution < 1.29 is 14.0 Å². The van der Waals surface area contributed by atoms with Gasteiger partial charge in [0.2, 0.25) is 5.91 Å². The molecule has 1 saturated heterocycles. The second-order valence-electron chi connectivity index (χ2n) is 7.25. The van der Waals surface area contributed by atoms with Crippen LogP contribution in [-0.2, 0) is 4.79 Å². The molecule has 1 N–H and O–H groups in total. The Morgan fingerprint density at radius 2 is 2.13 bits per heavy atom. The van der Waals surface area contributed by atoms with E-state index in [0.29, 0.717) is 29.4 Å². The van der Waals surface area contributed by atoms with Crippen LogP contribution in [0.2, 0.25) is 0 Å². The van der Waals surface area contributed by atoms with Gasteiger partial charge in [0, 0.05) is 25.0 Å². The average molecular weight is 381 g/mol. The van der Waals surface area contributed by atoms with Crippen LogP contribution in [0, 0.1) is 17.3 Å². The molecule has 1 aromatic rings. The minimum absolute atomic E-state index is 0.00683. The number of nitrogens with one attached hydrogen (secondary N) is 1. The predicted octanol–water partition coefficient (Wildman–Crippen LogP) is 2.81. The van der Waals surface area contributed by atoms with Crippen LogP contribution in [0.15, 0.2) is 21.2 Å². The first-order valence-electron chi connectivity index (χ1n) is 8.40. The smallest absolute Gasteiger partial charge is 0.289 e. The number of carbonyl (C=O) groups excluding carboxylic acids is 2. The van der Waals surface area contributed by atoms with Gasteiger partial charge in [0.25, 0.3) is 5.91 Å². The first kappa shape index (κ1) is 15.2. The summed E-state index contributed by atoms with van der Waals surface area (Å²) in [6.07, 6.45) is 5.70. The summed E-state index contributed by atoms with van der Waals surface area (Å²) >= 11 is 3.23. The molecule has 1 aliphatic heterocycles. The maximum absolute atomic E-state index is 12.6. The molecule has 1 spiro atoms. The Labute approximate surface area is 143 Å². The number of amides is 2. The van der Waals surface area contributed by atoms with E-state index in [4.69, 9.17) is 4.42 Å². The molecule has 2 saturated carbocycles. The molecule has 2 amide bonds. The van der Waals surface area contributed by atoms with Crippen LogP contribution in [0.5, 0.6) is 0 Å². The standard InChI is InChI=1S/C17H21BrN2O3/c18-14-5-4-13(23-14)16(22)20-9-12(17(10-20)6-1-7-17)15(21)19-8-11-2-3-11/h4-5,11-12H,1-3,6-10H2,(H,19,21). The fourth-order valence-electron chi connectivity index (χ4n) is 3.90. The van der Waals surface area contributed by atoms with Gasteiger partial charge < -0.3 is 14.6 Å². The lowest BCUT2D eigenvalue weighted by atomic mass is 9.62. The topological polar surface area (TPSA) is 62.6 Å². The molecule has 0 aromatic carbocycles. The molecule has 5 nitrogen and oxygen atoms in total. The maximum atomic E-state index is 12.6. The number of hydrogen-bond donors (Lipinski definition) is 1. The number of likely N-dealkylation sites (tertiary alicyclic amines) is 1. The summed E-state index contributed by atoms with van der Waals surface area (Å²) in [5.74, 6) is 0.964. The number of nitrogens with zero attached hydrogens (tertiary/aromatic N) is 1. The van der Waals surface area contributed by atoms with Crippen LogP contribution in [0.1, 0.15) is 42.7 Å². The van der Waals surface area contributed by atoms with E-state index in [-0.39, 0.29) is 23.1 Å². The highest BCUT2D eigenvalue weighted by molar-refractivity contribution is 9.10. The van der Waals surface area contributed by atoms with E-state index in [2.05, 4.69) is 21.2 Å². The fourth-order valence-corrected chi connectivity index (χ4v) is 4.20. The second-order valence-corrected chi connectivity index (χ2v) is 8.03. The van der Waals surface area contributed by atoms with Crippen molar-refractivity contribution >= 4 is 27.7 Å². The monoisotopic (exact) mass is 380 g/mol. The first-order valence-corrected chi connectivity index (χ1v) is 9.19. The van der Waals surface area contributed by atoms with Crippen molar-refractivity contribution in [1.29, 1.82) is 0 Å². The van der Waals surface area contributed by atoms with Crippen molar-refractivity contribution in [3.63, 3.8) is 0 Å².